The van der Waals surface area contributed by atoms with Crippen LogP contribution >= 0.6 is 0 Å². The van der Waals surface area contributed by atoms with Gasteiger partial charge in [0.25, 0.3) is 0 Å². The van der Waals surface area contributed by atoms with Crippen LogP contribution < -0.4 is 10.1 Å². The predicted octanol–water partition coefficient (Wildman–Crippen LogP) is 5.44. The van der Waals surface area contributed by atoms with E-state index >= 15 is 0 Å². The molecule has 0 atom stereocenters. The van der Waals surface area contributed by atoms with E-state index in [2.05, 4.69) is 5.32 Å². The van der Waals surface area contributed by atoms with Crippen molar-refractivity contribution in [2.45, 2.75) is 19.8 Å². The maximum absolute atomic E-state index is 12.9. The molecule has 0 bridgehead atoms. The molecular formula is C27H28N2O4S. The summed E-state index contributed by atoms with van der Waals surface area (Å²) in [7, 11) is -3.53. The molecule has 0 aliphatic carbocycles. The van der Waals surface area contributed by atoms with E-state index in [-0.39, 0.29) is 11.8 Å². The van der Waals surface area contributed by atoms with E-state index in [0.717, 1.165) is 11.1 Å². The van der Waals surface area contributed by atoms with Gasteiger partial charge in [-0.25, -0.2) is 8.42 Å². The molecule has 1 aliphatic rings. The van der Waals surface area contributed by atoms with E-state index in [1.54, 1.807) is 12.1 Å². The Bertz CT molecular complexity index is 1250. The minimum absolute atomic E-state index is 0.128. The van der Waals surface area contributed by atoms with Gasteiger partial charge in [-0.2, -0.15) is 4.31 Å². The molecule has 1 saturated heterocycles. The molecule has 0 unspecified atom stereocenters. The smallest absolute Gasteiger partial charge is 0.236 e. The van der Waals surface area contributed by atoms with Gasteiger partial charge in [0.1, 0.15) is 5.75 Å². The van der Waals surface area contributed by atoms with Gasteiger partial charge in [0.05, 0.1) is 5.69 Å². The highest BCUT2D eigenvalue weighted by Crippen LogP contribution is 2.31. The second-order valence-corrected chi connectivity index (χ2v) is 10.2. The lowest BCUT2D eigenvalue weighted by atomic mass is 9.97. The molecule has 0 aromatic heterocycles. The van der Waals surface area contributed by atoms with Crippen molar-refractivity contribution in [2.75, 3.05) is 18.4 Å². The summed E-state index contributed by atoms with van der Waals surface area (Å²) < 4.78 is 32.8. The predicted molar refractivity (Wildman–Crippen MR) is 135 cm³/mol. The topological polar surface area (TPSA) is 75.7 Å². The molecule has 4 rings (SSSR count). The first kappa shape index (κ1) is 23.7. The fraction of sp³-hybridized carbons (Fsp3) is 0.222. The zero-order valence-corrected chi connectivity index (χ0v) is 19.9. The van der Waals surface area contributed by atoms with Crippen LogP contribution in [0.4, 0.5) is 5.69 Å². The fourth-order valence-electron chi connectivity index (χ4n) is 3.81. The quantitative estimate of drug-likeness (QED) is 0.493. The zero-order valence-electron chi connectivity index (χ0n) is 19.1. The first-order chi connectivity index (χ1) is 16.4. The van der Waals surface area contributed by atoms with Crippen molar-refractivity contribution in [1.82, 2.24) is 4.31 Å². The molecule has 1 N–H and O–H groups in total. The lowest BCUT2D eigenvalue weighted by Crippen LogP contribution is -2.40. The van der Waals surface area contributed by atoms with E-state index in [9.17, 15) is 13.2 Å². The molecule has 7 heteroatoms. The number of amides is 1. The zero-order chi connectivity index (χ0) is 24.0. The van der Waals surface area contributed by atoms with Gasteiger partial charge in [-0.3, -0.25) is 4.79 Å². The minimum atomic E-state index is -3.53. The maximum atomic E-state index is 12.9. The molecule has 34 heavy (non-hydrogen) atoms. The molecular weight excluding hydrogens is 448 g/mol. The Morgan fingerprint density at radius 3 is 2.29 bits per heavy atom. The van der Waals surface area contributed by atoms with E-state index < -0.39 is 10.0 Å². The number of anilines is 1. The highest BCUT2D eigenvalue weighted by molar-refractivity contribution is 7.92. The molecule has 0 radical (unpaired) electrons. The summed E-state index contributed by atoms with van der Waals surface area (Å²) in [4.78, 5) is 12.9. The Hall–Kier alpha value is -3.42. The van der Waals surface area contributed by atoms with Gasteiger partial charge in [-0.15, -0.1) is 0 Å². The first-order valence-corrected chi connectivity index (χ1v) is 12.8. The fourth-order valence-corrected chi connectivity index (χ4v) is 5.04. The number of hydrogen-bond donors (Lipinski definition) is 1. The number of carbonyl (C=O) groups excluding carboxylic acids is 1. The Balaban J connectivity index is 1.35. The molecule has 1 aliphatic heterocycles. The Morgan fingerprint density at radius 2 is 1.59 bits per heavy atom. The van der Waals surface area contributed by atoms with E-state index in [4.69, 9.17) is 4.74 Å². The van der Waals surface area contributed by atoms with Crippen LogP contribution in [-0.2, 0) is 14.8 Å². The number of rotatable bonds is 7. The molecule has 3 aromatic carbocycles. The number of hydrogen-bond acceptors (Lipinski definition) is 4. The molecule has 176 valence electrons. The van der Waals surface area contributed by atoms with Crippen molar-refractivity contribution in [2.24, 2.45) is 5.92 Å². The highest BCUT2D eigenvalue weighted by Gasteiger charge is 2.30. The average molecular weight is 477 g/mol. The Morgan fingerprint density at radius 1 is 0.941 bits per heavy atom. The van der Waals surface area contributed by atoms with Gasteiger partial charge in [-0.1, -0.05) is 60.2 Å². The first-order valence-electron chi connectivity index (χ1n) is 11.3. The van der Waals surface area contributed by atoms with Crippen LogP contribution in [0.15, 0.2) is 84.3 Å². The summed E-state index contributed by atoms with van der Waals surface area (Å²) in [5, 5.41) is 4.20. The van der Waals surface area contributed by atoms with Crippen molar-refractivity contribution in [3.8, 4) is 11.5 Å². The summed E-state index contributed by atoms with van der Waals surface area (Å²) in [6.45, 7) is 2.62. The molecule has 3 aromatic rings. The van der Waals surface area contributed by atoms with Crippen LogP contribution in [0, 0.1) is 12.8 Å². The van der Waals surface area contributed by atoms with Crippen molar-refractivity contribution < 1.29 is 17.9 Å². The van der Waals surface area contributed by atoms with Crippen molar-refractivity contribution in [3.63, 3.8) is 0 Å². The summed E-state index contributed by atoms with van der Waals surface area (Å²) >= 11 is 0. The van der Waals surface area contributed by atoms with Crippen molar-refractivity contribution >= 4 is 27.7 Å². The largest absolute Gasteiger partial charge is 0.455 e. The van der Waals surface area contributed by atoms with Crippen molar-refractivity contribution in [1.29, 1.82) is 0 Å². The summed E-state index contributed by atoms with van der Waals surface area (Å²) in [6.07, 6.45) is 2.52. The second kappa shape index (κ2) is 10.7. The lowest BCUT2D eigenvalue weighted by Gasteiger charge is -2.29. The second-order valence-electron chi connectivity index (χ2n) is 8.33. The molecule has 6 nitrogen and oxygen atoms in total. The lowest BCUT2D eigenvalue weighted by molar-refractivity contribution is -0.120. The number of piperidine rings is 1. The Labute approximate surface area is 200 Å². The van der Waals surface area contributed by atoms with E-state index in [1.807, 2.05) is 79.7 Å². The van der Waals surface area contributed by atoms with Gasteiger partial charge in [-0.05, 0) is 55.7 Å². The van der Waals surface area contributed by atoms with Crippen LogP contribution in [0.5, 0.6) is 11.5 Å². The van der Waals surface area contributed by atoms with E-state index in [0.29, 0.717) is 43.1 Å². The number of ether oxygens (including phenoxy) is 1. The third kappa shape index (κ3) is 6.12. The van der Waals surface area contributed by atoms with Gasteiger partial charge in [0, 0.05) is 24.4 Å². The number of carbonyl (C=O) groups is 1. The number of aryl methyl sites for hydroxylation is 1. The number of nitrogens with zero attached hydrogens (tertiary/aromatic N) is 1. The molecule has 1 fully saturated rings. The van der Waals surface area contributed by atoms with Gasteiger partial charge >= 0.3 is 0 Å². The van der Waals surface area contributed by atoms with Crippen LogP contribution in [0.25, 0.3) is 6.08 Å². The van der Waals surface area contributed by atoms with Gasteiger partial charge < -0.3 is 10.1 Å². The minimum Gasteiger partial charge on any atom is -0.455 e. The molecule has 0 saturated carbocycles. The monoisotopic (exact) mass is 476 g/mol. The summed E-state index contributed by atoms with van der Waals surface area (Å²) in [5.41, 5.74) is 2.55. The van der Waals surface area contributed by atoms with Gasteiger partial charge in [0.15, 0.2) is 5.75 Å². The number of benzene rings is 3. The number of nitrogens with one attached hydrogen (secondary N) is 1. The standard InChI is InChI=1S/C27H28N2O4S/c1-21-11-13-24(14-12-21)33-26-10-6-5-9-25(26)28-27(30)23-15-18-29(19-16-23)34(31,32)20-17-22-7-3-2-4-8-22/h2-14,17,20,23H,15-16,18-19H2,1H3,(H,28,30). The third-order valence-electron chi connectivity index (χ3n) is 5.81. The number of sulfonamides is 1. The molecule has 1 amide bonds. The maximum Gasteiger partial charge on any atom is 0.236 e. The van der Waals surface area contributed by atoms with Crippen LogP contribution in [0.2, 0.25) is 0 Å². The summed E-state index contributed by atoms with van der Waals surface area (Å²) in [6, 6.07) is 24.3. The average Bonchev–Trinajstić information content (AvgIpc) is 2.86. The van der Waals surface area contributed by atoms with E-state index in [1.165, 1.54) is 9.71 Å². The van der Waals surface area contributed by atoms with Gasteiger partial charge in [0.2, 0.25) is 15.9 Å². The summed E-state index contributed by atoms with van der Waals surface area (Å²) in [5.74, 6) is 0.856. The van der Waals surface area contributed by atoms with Crippen molar-refractivity contribution in [3.05, 3.63) is 95.4 Å². The molecule has 0 spiro atoms. The number of para-hydroxylation sites is 2. The van der Waals surface area contributed by atoms with Crippen LogP contribution in [0.1, 0.15) is 24.0 Å². The SMILES string of the molecule is Cc1ccc(Oc2ccccc2NC(=O)C2CCN(S(=O)(=O)C=Cc3ccccc3)CC2)cc1. The normalized spacial score (nSPS) is 15.3. The Kier molecular flexibility index (Phi) is 7.45. The van der Waals surface area contributed by atoms with Crippen LogP contribution in [0.3, 0.4) is 0 Å². The molecule has 1 heterocycles. The highest BCUT2D eigenvalue weighted by atomic mass is 32.2. The van der Waals surface area contributed by atoms with Crippen LogP contribution in [-0.4, -0.2) is 31.7 Å². The third-order valence-corrected chi connectivity index (χ3v) is 7.38.